The van der Waals surface area contributed by atoms with E-state index in [0.29, 0.717) is 0 Å². The maximum atomic E-state index is 11.6. The smallest absolute Gasteiger partial charge is 0.226 e. The number of benzene rings is 1. The van der Waals surface area contributed by atoms with Gasteiger partial charge in [0.25, 0.3) is 0 Å². The molecule has 0 unspecified atom stereocenters. The van der Waals surface area contributed by atoms with Crippen LogP contribution in [0, 0.1) is 5.92 Å². The van der Waals surface area contributed by atoms with Crippen LogP contribution in [0.5, 0.6) is 0 Å². The van der Waals surface area contributed by atoms with Gasteiger partial charge in [0.1, 0.15) is 0 Å². The lowest BCUT2D eigenvalue weighted by atomic mass is 10.0. The van der Waals surface area contributed by atoms with Crippen LogP contribution in [0.3, 0.4) is 0 Å². The fraction of sp³-hybridized carbons (Fsp3) is 0.500. The van der Waals surface area contributed by atoms with Gasteiger partial charge in [0, 0.05) is 30.9 Å². The molecule has 1 aromatic rings. The Hall–Kier alpha value is -1.51. The summed E-state index contributed by atoms with van der Waals surface area (Å²) in [5.74, 6) is 0.0900. The molecule has 0 aromatic heterocycles. The Kier molecular flexibility index (Phi) is 3.36. The van der Waals surface area contributed by atoms with Gasteiger partial charge in [0.2, 0.25) is 5.91 Å². The second-order valence-electron chi connectivity index (χ2n) is 5.01. The maximum Gasteiger partial charge on any atom is 0.226 e. The highest BCUT2D eigenvalue weighted by Crippen LogP contribution is 2.28. The second-order valence-corrected chi connectivity index (χ2v) is 5.01. The van der Waals surface area contributed by atoms with Gasteiger partial charge in [-0.15, -0.1) is 0 Å². The van der Waals surface area contributed by atoms with E-state index in [2.05, 4.69) is 29.4 Å². The largest absolute Gasteiger partial charge is 0.374 e. The molecule has 1 N–H and O–H groups in total. The molecule has 0 radical (unpaired) electrons. The van der Waals surface area contributed by atoms with Gasteiger partial charge in [-0.1, -0.05) is 19.9 Å². The molecule has 92 valence electrons. The van der Waals surface area contributed by atoms with Gasteiger partial charge in [-0.05, 0) is 30.5 Å². The fourth-order valence-electron chi connectivity index (χ4n) is 2.12. The van der Waals surface area contributed by atoms with Crippen molar-refractivity contribution in [2.45, 2.75) is 26.7 Å². The first-order valence-electron chi connectivity index (χ1n) is 6.23. The number of rotatable bonds is 2. The Bertz CT molecular complexity index is 426. The van der Waals surface area contributed by atoms with Crippen LogP contribution in [0.2, 0.25) is 0 Å². The van der Waals surface area contributed by atoms with Crippen molar-refractivity contribution in [3.63, 3.8) is 0 Å². The molecule has 0 fully saturated rings. The van der Waals surface area contributed by atoms with Crippen molar-refractivity contribution in [3.8, 4) is 0 Å². The van der Waals surface area contributed by atoms with Gasteiger partial charge in [0.15, 0.2) is 0 Å². The molecule has 0 aliphatic carbocycles. The van der Waals surface area contributed by atoms with Gasteiger partial charge < -0.3 is 10.2 Å². The van der Waals surface area contributed by atoms with Gasteiger partial charge in [0.05, 0.1) is 0 Å². The van der Waals surface area contributed by atoms with Gasteiger partial charge in [-0.2, -0.15) is 0 Å². The molecule has 0 saturated heterocycles. The number of hydrogen-bond donors (Lipinski definition) is 1. The first-order valence-corrected chi connectivity index (χ1v) is 6.23. The maximum absolute atomic E-state index is 11.6. The summed E-state index contributed by atoms with van der Waals surface area (Å²) in [5, 5.41) is 2.95. The van der Waals surface area contributed by atoms with Crippen LogP contribution in [0.15, 0.2) is 18.2 Å². The second kappa shape index (κ2) is 4.78. The molecule has 2 rings (SSSR count). The number of nitrogens with zero attached hydrogens (tertiary/aromatic N) is 1. The third-order valence-electron chi connectivity index (χ3n) is 3.23. The number of anilines is 2. The number of nitrogens with one attached hydrogen (secondary N) is 1. The first-order chi connectivity index (χ1) is 8.08. The topological polar surface area (TPSA) is 32.3 Å². The summed E-state index contributed by atoms with van der Waals surface area (Å²) < 4.78 is 0. The van der Waals surface area contributed by atoms with Crippen LogP contribution in [0.4, 0.5) is 11.4 Å². The number of carbonyl (C=O) groups is 1. The Labute approximate surface area is 103 Å². The lowest BCUT2D eigenvalue weighted by Crippen LogP contribution is -2.25. The number of amides is 1. The molecule has 0 atom stereocenters. The number of carbonyl (C=O) groups excluding carboxylic acids is 1. The standard InChI is InChI=1S/C14H20N2O/c1-10(2)14(17)15-12-7-6-11-5-4-8-16(3)13(11)9-12/h6-7,9-10H,4-5,8H2,1-3H3,(H,15,17). The minimum Gasteiger partial charge on any atom is -0.374 e. The van der Waals surface area contributed by atoms with Crippen molar-refractivity contribution in [2.75, 3.05) is 23.8 Å². The molecule has 1 aromatic carbocycles. The van der Waals surface area contributed by atoms with E-state index < -0.39 is 0 Å². The van der Waals surface area contributed by atoms with Crippen molar-refractivity contribution < 1.29 is 4.79 Å². The lowest BCUT2D eigenvalue weighted by molar-refractivity contribution is -0.118. The zero-order valence-electron chi connectivity index (χ0n) is 10.8. The Morgan fingerprint density at radius 2 is 2.18 bits per heavy atom. The lowest BCUT2D eigenvalue weighted by Gasteiger charge is -2.28. The highest BCUT2D eigenvalue weighted by Gasteiger charge is 2.15. The van der Waals surface area contributed by atoms with Gasteiger partial charge in [-0.25, -0.2) is 0 Å². The molecular weight excluding hydrogens is 212 g/mol. The summed E-state index contributed by atoms with van der Waals surface area (Å²) in [4.78, 5) is 13.9. The summed E-state index contributed by atoms with van der Waals surface area (Å²) in [5.41, 5.74) is 3.52. The summed E-state index contributed by atoms with van der Waals surface area (Å²) in [7, 11) is 2.10. The predicted molar refractivity (Wildman–Crippen MR) is 71.5 cm³/mol. The predicted octanol–water partition coefficient (Wildman–Crippen LogP) is 2.66. The number of hydrogen-bond acceptors (Lipinski definition) is 2. The number of fused-ring (bicyclic) bond motifs is 1. The third-order valence-corrected chi connectivity index (χ3v) is 3.23. The molecule has 3 heteroatoms. The van der Waals surface area contributed by atoms with Crippen molar-refractivity contribution in [1.29, 1.82) is 0 Å². The van der Waals surface area contributed by atoms with Crippen molar-refractivity contribution >= 4 is 17.3 Å². The minimum atomic E-state index is 0.0174. The van der Waals surface area contributed by atoms with Crippen LogP contribution in [-0.4, -0.2) is 19.5 Å². The Morgan fingerprint density at radius 1 is 1.41 bits per heavy atom. The molecule has 0 bridgehead atoms. The van der Waals surface area contributed by atoms with Crippen LogP contribution in [0.1, 0.15) is 25.8 Å². The Morgan fingerprint density at radius 3 is 2.88 bits per heavy atom. The van der Waals surface area contributed by atoms with E-state index in [1.165, 1.54) is 17.7 Å². The van der Waals surface area contributed by atoms with Crippen molar-refractivity contribution in [1.82, 2.24) is 0 Å². The van der Waals surface area contributed by atoms with E-state index in [9.17, 15) is 4.79 Å². The molecule has 0 saturated carbocycles. The number of aryl methyl sites for hydroxylation is 1. The van der Waals surface area contributed by atoms with Crippen LogP contribution in [-0.2, 0) is 11.2 Å². The van der Waals surface area contributed by atoms with E-state index in [1.807, 2.05) is 19.9 Å². The van der Waals surface area contributed by atoms with Crippen molar-refractivity contribution in [3.05, 3.63) is 23.8 Å². The SMILES string of the molecule is CC(C)C(=O)Nc1ccc2c(c1)N(C)CCC2. The van der Waals surface area contributed by atoms with E-state index in [1.54, 1.807) is 0 Å². The van der Waals surface area contributed by atoms with Crippen LogP contribution < -0.4 is 10.2 Å². The summed E-state index contributed by atoms with van der Waals surface area (Å²) in [6.45, 7) is 4.90. The van der Waals surface area contributed by atoms with Gasteiger partial charge in [-0.3, -0.25) is 4.79 Å². The van der Waals surface area contributed by atoms with E-state index in [-0.39, 0.29) is 11.8 Å². The first kappa shape index (κ1) is 12.0. The molecular formula is C14H20N2O. The fourth-order valence-corrected chi connectivity index (χ4v) is 2.12. The molecule has 0 spiro atoms. The zero-order chi connectivity index (χ0) is 12.4. The summed E-state index contributed by atoms with van der Waals surface area (Å²) in [6, 6.07) is 6.20. The quantitative estimate of drug-likeness (QED) is 0.850. The monoisotopic (exact) mass is 232 g/mol. The molecule has 3 nitrogen and oxygen atoms in total. The van der Waals surface area contributed by atoms with Gasteiger partial charge >= 0.3 is 0 Å². The summed E-state index contributed by atoms with van der Waals surface area (Å²) >= 11 is 0. The normalized spacial score (nSPS) is 14.7. The summed E-state index contributed by atoms with van der Waals surface area (Å²) in [6.07, 6.45) is 2.35. The molecule has 1 amide bonds. The minimum absolute atomic E-state index is 0.0174. The van der Waals surface area contributed by atoms with E-state index in [4.69, 9.17) is 0 Å². The molecule has 1 heterocycles. The third kappa shape index (κ3) is 2.60. The highest BCUT2D eigenvalue weighted by atomic mass is 16.1. The van der Waals surface area contributed by atoms with Crippen LogP contribution >= 0.6 is 0 Å². The molecule has 17 heavy (non-hydrogen) atoms. The van der Waals surface area contributed by atoms with E-state index >= 15 is 0 Å². The Balaban J connectivity index is 2.21. The zero-order valence-corrected chi connectivity index (χ0v) is 10.8. The highest BCUT2D eigenvalue weighted by molar-refractivity contribution is 5.92. The van der Waals surface area contributed by atoms with E-state index in [0.717, 1.165) is 18.7 Å². The molecule has 1 aliphatic rings. The molecule has 1 aliphatic heterocycles. The average Bonchev–Trinajstić information content (AvgIpc) is 2.30. The average molecular weight is 232 g/mol. The van der Waals surface area contributed by atoms with Crippen molar-refractivity contribution in [2.24, 2.45) is 5.92 Å². The van der Waals surface area contributed by atoms with Crippen LogP contribution in [0.25, 0.3) is 0 Å².